The lowest BCUT2D eigenvalue weighted by Crippen LogP contribution is -2.26. The van der Waals surface area contributed by atoms with E-state index in [9.17, 15) is 9.59 Å². The van der Waals surface area contributed by atoms with E-state index < -0.39 is 5.97 Å². The highest BCUT2D eigenvalue weighted by Crippen LogP contribution is 2.28. The highest BCUT2D eigenvalue weighted by atomic mass is 16.4. The van der Waals surface area contributed by atoms with Crippen molar-refractivity contribution >= 4 is 11.9 Å². The SMILES string of the molecule is O=C(O)CCNC(=O)c1ccn(C2CCCC2)n1. The molecule has 1 fully saturated rings. The number of carbonyl (C=O) groups excluding carboxylic acids is 1. The second-order valence-corrected chi connectivity index (χ2v) is 4.52. The zero-order valence-corrected chi connectivity index (χ0v) is 10.1. The number of rotatable bonds is 5. The maximum atomic E-state index is 11.7. The smallest absolute Gasteiger partial charge is 0.305 e. The van der Waals surface area contributed by atoms with E-state index in [1.165, 1.54) is 12.8 Å². The lowest BCUT2D eigenvalue weighted by atomic mass is 10.3. The van der Waals surface area contributed by atoms with Gasteiger partial charge in [-0.05, 0) is 18.9 Å². The third-order valence-corrected chi connectivity index (χ3v) is 3.16. The first-order valence-corrected chi connectivity index (χ1v) is 6.22. The van der Waals surface area contributed by atoms with Crippen molar-refractivity contribution in [1.29, 1.82) is 0 Å². The van der Waals surface area contributed by atoms with Crippen molar-refractivity contribution in [2.24, 2.45) is 0 Å². The second kappa shape index (κ2) is 5.66. The van der Waals surface area contributed by atoms with Crippen molar-refractivity contribution in [2.75, 3.05) is 6.54 Å². The maximum Gasteiger partial charge on any atom is 0.305 e. The lowest BCUT2D eigenvalue weighted by molar-refractivity contribution is -0.136. The topological polar surface area (TPSA) is 84.2 Å². The Kier molecular flexibility index (Phi) is 3.96. The fourth-order valence-electron chi connectivity index (χ4n) is 2.20. The zero-order valence-electron chi connectivity index (χ0n) is 10.1. The van der Waals surface area contributed by atoms with Crippen LogP contribution in [0.3, 0.4) is 0 Å². The first kappa shape index (κ1) is 12.6. The van der Waals surface area contributed by atoms with Crippen LogP contribution in [0.25, 0.3) is 0 Å². The van der Waals surface area contributed by atoms with Gasteiger partial charge in [0.15, 0.2) is 0 Å². The monoisotopic (exact) mass is 251 g/mol. The van der Waals surface area contributed by atoms with Gasteiger partial charge in [0.1, 0.15) is 5.69 Å². The van der Waals surface area contributed by atoms with Gasteiger partial charge in [0.2, 0.25) is 0 Å². The zero-order chi connectivity index (χ0) is 13.0. The van der Waals surface area contributed by atoms with Gasteiger partial charge in [-0.3, -0.25) is 14.3 Å². The predicted molar refractivity (Wildman–Crippen MR) is 64.3 cm³/mol. The van der Waals surface area contributed by atoms with Gasteiger partial charge in [-0.1, -0.05) is 12.8 Å². The third-order valence-electron chi connectivity index (χ3n) is 3.16. The first-order valence-electron chi connectivity index (χ1n) is 6.22. The summed E-state index contributed by atoms with van der Waals surface area (Å²) in [6.45, 7) is 0.129. The largest absolute Gasteiger partial charge is 0.481 e. The van der Waals surface area contributed by atoms with Crippen LogP contribution in [-0.2, 0) is 4.79 Å². The summed E-state index contributed by atoms with van der Waals surface area (Å²) in [7, 11) is 0. The number of carboxylic acids is 1. The van der Waals surface area contributed by atoms with Gasteiger partial charge >= 0.3 is 5.97 Å². The summed E-state index contributed by atoms with van der Waals surface area (Å²) in [5.41, 5.74) is 0.354. The minimum Gasteiger partial charge on any atom is -0.481 e. The van der Waals surface area contributed by atoms with E-state index in [1.54, 1.807) is 6.07 Å². The molecular formula is C12H17N3O3. The van der Waals surface area contributed by atoms with Crippen LogP contribution < -0.4 is 5.32 Å². The molecule has 0 spiro atoms. The molecule has 98 valence electrons. The molecule has 1 heterocycles. The molecule has 1 saturated carbocycles. The minimum atomic E-state index is -0.924. The molecule has 6 nitrogen and oxygen atoms in total. The number of amides is 1. The Morgan fingerprint density at radius 2 is 2.17 bits per heavy atom. The van der Waals surface area contributed by atoms with Crippen molar-refractivity contribution < 1.29 is 14.7 Å². The molecule has 1 aliphatic rings. The van der Waals surface area contributed by atoms with Crippen LogP contribution >= 0.6 is 0 Å². The number of hydrogen-bond acceptors (Lipinski definition) is 3. The maximum absolute atomic E-state index is 11.7. The fraction of sp³-hybridized carbons (Fsp3) is 0.583. The van der Waals surface area contributed by atoms with Crippen LogP contribution in [-0.4, -0.2) is 33.3 Å². The summed E-state index contributed by atoms with van der Waals surface area (Å²) in [6.07, 6.45) is 6.40. The second-order valence-electron chi connectivity index (χ2n) is 4.52. The van der Waals surface area contributed by atoms with Gasteiger partial charge in [-0.15, -0.1) is 0 Å². The number of nitrogens with zero attached hydrogens (tertiary/aromatic N) is 2. The quantitative estimate of drug-likeness (QED) is 0.823. The third kappa shape index (κ3) is 3.09. The summed E-state index contributed by atoms with van der Waals surface area (Å²) < 4.78 is 1.85. The van der Waals surface area contributed by atoms with Gasteiger partial charge in [-0.25, -0.2) is 0 Å². The summed E-state index contributed by atoms with van der Waals surface area (Å²) >= 11 is 0. The van der Waals surface area contributed by atoms with Gasteiger partial charge in [-0.2, -0.15) is 5.10 Å². The van der Waals surface area contributed by atoms with Crippen molar-refractivity contribution in [3.8, 4) is 0 Å². The van der Waals surface area contributed by atoms with Crippen LogP contribution in [0.1, 0.15) is 48.6 Å². The molecular weight excluding hydrogens is 234 g/mol. The van der Waals surface area contributed by atoms with E-state index in [-0.39, 0.29) is 18.9 Å². The molecule has 0 saturated heterocycles. The van der Waals surface area contributed by atoms with E-state index in [4.69, 9.17) is 5.11 Å². The van der Waals surface area contributed by atoms with Crippen molar-refractivity contribution in [3.05, 3.63) is 18.0 Å². The molecule has 0 unspecified atom stereocenters. The van der Waals surface area contributed by atoms with Crippen LogP contribution in [0, 0.1) is 0 Å². The van der Waals surface area contributed by atoms with E-state index in [1.807, 2.05) is 10.9 Å². The fourth-order valence-corrected chi connectivity index (χ4v) is 2.20. The Morgan fingerprint density at radius 1 is 1.44 bits per heavy atom. The van der Waals surface area contributed by atoms with E-state index in [2.05, 4.69) is 10.4 Å². The summed E-state index contributed by atoms with van der Waals surface area (Å²) in [5.74, 6) is -1.24. The van der Waals surface area contributed by atoms with Crippen LogP contribution in [0.4, 0.5) is 0 Å². The normalized spacial score (nSPS) is 15.8. The van der Waals surface area contributed by atoms with Crippen molar-refractivity contribution in [3.63, 3.8) is 0 Å². The van der Waals surface area contributed by atoms with Gasteiger partial charge in [0.25, 0.3) is 5.91 Å². The standard InChI is InChI=1S/C12H17N3O3/c16-11(17)5-7-13-12(18)10-6-8-15(14-10)9-3-1-2-4-9/h6,8-9H,1-5,7H2,(H,13,18)(H,16,17). The Labute approximate surface area is 105 Å². The minimum absolute atomic E-state index is 0.0743. The van der Waals surface area contributed by atoms with E-state index >= 15 is 0 Å². The molecule has 0 aromatic carbocycles. The molecule has 1 aliphatic carbocycles. The molecule has 0 atom stereocenters. The van der Waals surface area contributed by atoms with Crippen LogP contribution in [0.2, 0.25) is 0 Å². The van der Waals surface area contributed by atoms with Crippen LogP contribution in [0.15, 0.2) is 12.3 Å². The summed E-state index contributed by atoms with van der Waals surface area (Å²) in [4.78, 5) is 22.0. The number of carboxylic acid groups (broad SMARTS) is 1. The molecule has 0 bridgehead atoms. The number of carbonyl (C=O) groups is 2. The van der Waals surface area contributed by atoms with Gasteiger partial charge in [0.05, 0.1) is 12.5 Å². The molecule has 18 heavy (non-hydrogen) atoms. The average molecular weight is 251 g/mol. The Hall–Kier alpha value is -1.85. The Bertz CT molecular complexity index is 436. The van der Waals surface area contributed by atoms with E-state index in [0.29, 0.717) is 11.7 Å². The summed E-state index contributed by atoms with van der Waals surface area (Å²) in [5, 5.41) is 15.3. The van der Waals surface area contributed by atoms with Crippen molar-refractivity contribution in [2.45, 2.75) is 38.1 Å². The Balaban J connectivity index is 1.88. The van der Waals surface area contributed by atoms with Crippen LogP contribution in [0.5, 0.6) is 0 Å². The molecule has 6 heteroatoms. The summed E-state index contributed by atoms with van der Waals surface area (Å²) in [6, 6.07) is 2.08. The number of aromatic nitrogens is 2. The molecule has 0 aliphatic heterocycles. The molecule has 1 aromatic rings. The van der Waals surface area contributed by atoms with E-state index in [0.717, 1.165) is 12.8 Å². The first-order chi connectivity index (χ1) is 8.66. The molecule has 1 aromatic heterocycles. The van der Waals surface area contributed by atoms with Gasteiger partial charge < -0.3 is 10.4 Å². The highest BCUT2D eigenvalue weighted by molar-refractivity contribution is 5.92. The molecule has 0 radical (unpaired) electrons. The highest BCUT2D eigenvalue weighted by Gasteiger charge is 2.19. The number of aliphatic carboxylic acids is 1. The molecule has 1 amide bonds. The molecule has 2 N–H and O–H groups in total. The Morgan fingerprint density at radius 3 is 2.83 bits per heavy atom. The number of hydrogen-bond donors (Lipinski definition) is 2. The number of nitrogens with one attached hydrogen (secondary N) is 1. The predicted octanol–water partition coefficient (Wildman–Crippen LogP) is 1.20. The lowest BCUT2D eigenvalue weighted by Gasteiger charge is -2.08. The van der Waals surface area contributed by atoms with Crippen molar-refractivity contribution in [1.82, 2.24) is 15.1 Å². The average Bonchev–Trinajstić information content (AvgIpc) is 2.99. The van der Waals surface area contributed by atoms with Gasteiger partial charge in [0, 0.05) is 12.7 Å². The molecule has 2 rings (SSSR count).